The molecule has 1 unspecified atom stereocenters. The lowest BCUT2D eigenvalue weighted by atomic mass is 10.1. The van der Waals surface area contributed by atoms with Gasteiger partial charge in [-0.2, -0.15) is 9.61 Å². The molecule has 0 aliphatic rings. The molecule has 2 aromatic heterocycles. The minimum absolute atomic E-state index is 0.0952. The third kappa shape index (κ3) is 3.21. The van der Waals surface area contributed by atoms with E-state index in [4.69, 9.17) is 5.11 Å². The largest absolute Gasteiger partial charge is 0.481 e. The molecule has 0 saturated heterocycles. The summed E-state index contributed by atoms with van der Waals surface area (Å²) in [6, 6.07) is 3.79. The van der Waals surface area contributed by atoms with Gasteiger partial charge in [0.15, 0.2) is 5.65 Å². The van der Waals surface area contributed by atoms with E-state index < -0.39 is 5.97 Å². The van der Waals surface area contributed by atoms with Gasteiger partial charge in [0.25, 0.3) is 0 Å². The van der Waals surface area contributed by atoms with Crippen LogP contribution in [0.1, 0.15) is 31.7 Å². The lowest BCUT2D eigenvalue weighted by Gasteiger charge is -2.18. The fraction of sp³-hybridized carbons (Fsp3) is 0.462. The van der Waals surface area contributed by atoms with Gasteiger partial charge in [-0.3, -0.25) is 4.79 Å². The normalized spacial score (nSPS) is 12.5. The van der Waals surface area contributed by atoms with Crippen LogP contribution in [0, 0.1) is 6.92 Å². The zero-order valence-electron chi connectivity index (χ0n) is 11.1. The number of hydrogen-bond donors (Lipinski definition) is 2. The highest BCUT2D eigenvalue weighted by molar-refractivity contribution is 5.68. The van der Waals surface area contributed by atoms with Crippen molar-refractivity contribution in [2.24, 2.45) is 0 Å². The van der Waals surface area contributed by atoms with Crippen LogP contribution < -0.4 is 5.32 Å². The molecule has 0 bridgehead atoms. The number of aliphatic carboxylic acids is 1. The molecule has 0 fully saturated rings. The average Bonchev–Trinajstić information content (AvgIpc) is 2.76. The van der Waals surface area contributed by atoms with Crippen LogP contribution in [0.25, 0.3) is 5.65 Å². The summed E-state index contributed by atoms with van der Waals surface area (Å²) in [5, 5.41) is 16.4. The van der Waals surface area contributed by atoms with E-state index in [1.54, 1.807) is 4.52 Å². The SMILES string of the molecule is CCCC(CC(=O)O)Nc1cc(C)cc2ncnn12. The summed E-state index contributed by atoms with van der Waals surface area (Å²) in [4.78, 5) is 15.0. The number of anilines is 1. The number of nitrogens with zero attached hydrogens (tertiary/aromatic N) is 3. The molecule has 0 saturated carbocycles. The quantitative estimate of drug-likeness (QED) is 0.833. The first-order chi connectivity index (χ1) is 9.10. The second-order valence-electron chi connectivity index (χ2n) is 4.68. The first-order valence-corrected chi connectivity index (χ1v) is 6.39. The smallest absolute Gasteiger partial charge is 0.305 e. The molecule has 2 rings (SSSR count). The summed E-state index contributed by atoms with van der Waals surface area (Å²) in [5.41, 5.74) is 1.82. The van der Waals surface area contributed by atoms with Crippen molar-refractivity contribution in [1.29, 1.82) is 0 Å². The number of carboxylic acids is 1. The second kappa shape index (κ2) is 5.69. The van der Waals surface area contributed by atoms with Crippen molar-refractivity contribution < 1.29 is 9.90 Å². The number of hydrogen-bond acceptors (Lipinski definition) is 4. The fourth-order valence-electron chi connectivity index (χ4n) is 2.15. The highest BCUT2D eigenvalue weighted by Crippen LogP contribution is 2.16. The first-order valence-electron chi connectivity index (χ1n) is 6.39. The highest BCUT2D eigenvalue weighted by Gasteiger charge is 2.14. The van der Waals surface area contributed by atoms with Crippen LogP contribution in [-0.2, 0) is 4.79 Å². The lowest BCUT2D eigenvalue weighted by Crippen LogP contribution is -2.24. The van der Waals surface area contributed by atoms with Crippen LogP contribution >= 0.6 is 0 Å². The van der Waals surface area contributed by atoms with Crippen molar-refractivity contribution in [2.75, 3.05) is 5.32 Å². The number of pyridine rings is 1. The van der Waals surface area contributed by atoms with E-state index >= 15 is 0 Å². The van der Waals surface area contributed by atoms with Crippen LogP contribution in [0.4, 0.5) is 5.82 Å². The van der Waals surface area contributed by atoms with E-state index in [-0.39, 0.29) is 12.5 Å². The van der Waals surface area contributed by atoms with E-state index in [1.165, 1.54) is 6.33 Å². The Labute approximate surface area is 111 Å². The van der Waals surface area contributed by atoms with Crippen molar-refractivity contribution in [1.82, 2.24) is 14.6 Å². The standard InChI is InChI=1S/C13H18N4O2/c1-3-4-10(7-13(18)19)16-12-6-9(2)5-11-14-8-15-17(11)12/h5-6,8,10,16H,3-4,7H2,1-2H3,(H,18,19). The first kappa shape index (κ1) is 13.3. The molecule has 2 heterocycles. The number of carboxylic acid groups (broad SMARTS) is 1. The predicted octanol–water partition coefficient (Wildman–Crippen LogP) is 2.09. The molecule has 1 atom stereocenters. The molecule has 6 heteroatoms. The summed E-state index contributed by atoms with van der Waals surface area (Å²) in [6.07, 6.45) is 3.32. The summed E-state index contributed by atoms with van der Waals surface area (Å²) < 4.78 is 1.69. The number of nitrogens with one attached hydrogen (secondary N) is 1. The Morgan fingerprint density at radius 1 is 1.53 bits per heavy atom. The molecule has 0 spiro atoms. The van der Waals surface area contributed by atoms with Gasteiger partial charge in [-0.1, -0.05) is 13.3 Å². The summed E-state index contributed by atoms with van der Waals surface area (Å²) in [6.45, 7) is 4.02. The maximum atomic E-state index is 10.9. The monoisotopic (exact) mass is 262 g/mol. The van der Waals surface area contributed by atoms with Gasteiger partial charge in [0.2, 0.25) is 0 Å². The van der Waals surface area contributed by atoms with Gasteiger partial charge in [-0.15, -0.1) is 0 Å². The van der Waals surface area contributed by atoms with E-state index in [9.17, 15) is 4.79 Å². The Morgan fingerprint density at radius 3 is 3.00 bits per heavy atom. The van der Waals surface area contributed by atoms with Crippen molar-refractivity contribution in [3.8, 4) is 0 Å². The molecular weight excluding hydrogens is 244 g/mol. The maximum Gasteiger partial charge on any atom is 0.305 e. The van der Waals surface area contributed by atoms with E-state index in [0.29, 0.717) is 0 Å². The van der Waals surface area contributed by atoms with E-state index in [0.717, 1.165) is 29.9 Å². The van der Waals surface area contributed by atoms with Gasteiger partial charge in [-0.25, -0.2) is 4.98 Å². The fourth-order valence-corrected chi connectivity index (χ4v) is 2.15. The highest BCUT2D eigenvalue weighted by atomic mass is 16.4. The minimum atomic E-state index is -0.798. The van der Waals surface area contributed by atoms with Gasteiger partial charge < -0.3 is 10.4 Å². The van der Waals surface area contributed by atoms with Crippen LogP contribution in [0.3, 0.4) is 0 Å². The molecule has 2 aromatic rings. The zero-order valence-corrected chi connectivity index (χ0v) is 11.1. The molecule has 19 heavy (non-hydrogen) atoms. The lowest BCUT2D eigenvalue weighted by molar-refractivity contribution is -0.137. The predicted molar refractivity (Wildman–Crippen MR) is 72.3 cm³/mol. The Kier molecular flexibility index (Phi) is 3.99. The second-order valence-corrected chi connectivity index (χ2v) is 4.68. The molecule has 0 aromatic carbocycles. The Bertz CT molecular complexity index is 579. The molecule has 102 valence electrons. The summed E-state index contributed by atoms with van der Waals surface area (Å²) in [5.74, 6) is -0.0133. The van der Waals surface area contributed by atoms with Gasteiger partial charge in [0, 0.05) is 6.04 Å². The number of carbonyl (C=O) groups is 1. The van der Waals surface area contributed by atoms with Crippen LogP contribution in [0.2, 0.25) is 0 Å². The number of aryl methyl sites for hydroxylation is 1. The van der Waals surface area contributed by atoms with Crippen molar-refractivity contribution in [2.45, 2.75) is 39.2 Å². The molecule has 6 nitrogen and oxygen atoms in total. The van der Waals surface area contributed by atoms with Crippen molar-refractivity contribution in [3.05, 3.63) is 24.0 Å². The van der Waals surface area contributed by atoms with Crippen molar-refractivity contribution >= 4 is 17.4 Å². The molecule has 0 amide bonds. The van der Waals surface area contributed by atoms with Gasteiger partial charge in [0.05, 0.1) is 6.42 Å². The van der Waals surface area contributed by atoms with Crippen LogP contribution in [0.5, 0.6) is 0 Å². The Hall–Kier alpha value is -2.11. The van der Waals surface area contributed by atoms with Crippen LogP contribution in [-0.4, -0.2) is 31.7 Å². The van der Waals surface area contributed by atoms with Gasteiger partial charge >= 0.3 is 5.97 Å². The number of rotatable bonds is 6. The Balaban J connectivity index is 2.27. The molecular formula is C13H18N4O2. The summed E-state index contributed by atoms with van der Waals surface area (Å²) in [7, 11) is 0. The molecule has 2 N–H and O–H groups in total. The topological polar surface area (TPSA) is 79.5 Å². The third-order valence-corrected chi connectivity index (χ3v) is 2.93. The zero-order chi connectivity index (χ0) is 13.8. The minimum Gasteiger partial charge on any atom is -0.481 e. The molecule has 0 aliphatic carbocycles. The van der Waals surface area contributed by atoms with Crippen LogP contribution in [0.15, 0.2) is 18.5 Å². The average molecular weight is 262 g/mol. The van der Waals surface area contributed by atoms with E-state index in [2.05, 4.69) is 15.4 Å². The Morgan fingerprint density at radius 2 is 2.32 bits per heavy atom. The van der Waals surface area contributed by atoms with Gasteiger partial charge in [0.1, 0.15) is 12.1 Å². The molecule has 0 aliphatic heterocycles. The number of aromatic nitrogens is 3. The number of fused-ring (bicyclic) bond motifs is 1. The third-order valence-electron chi connectivity index (χ3n) is 2.93. The van der Waals surface area contributed by atoms with Gasteiger partial charge in [-0.05, 0) is 31.0 Å². The van der Waals surface area contributed by atoms with E-state index in [1.807, 2.05) is 26.0 Å². The van der Waals surface area contributed by atoms with Crippen molar-refractivity contribution in [3.63, 3.8) is 0 Å². The maximum absolute atomic E-state index is 10.9. The summed E-state index contributed by atoms with van der Waals surface area (Å²) >= 11 is 0. The molecule has 0 radical (unpaired) electrons.